The molecular weight excluding hydrogens is 344 g/mol. The summed E-state index contributed by atoms with van der Waals surface area (Å²) in [6.07, 6.45) is 0.0954. The van der Waals surface area contributed by atoms with E-state index in [0.29, 0.717) is 17.1 Å². The van der Waals surface area contributed by atoms with Gasteiger partial charge in [-0.1, -0.05) is 36.7 Å². The second kappa shape index (κ2) is 7.03. The van der Waals surface area contributed by atoms with Gasteiger partial charge in [-0.05, 0) is 25.5 Å². The van der Waals surface area contributed by atoms with Crippen LogP contribution < -0.4 is 5.73 Å². The van der Waals surface area contributed by atoms with Crippen molar-refractivity contribution >= 4 is 22.9 Å². The second-order valence-corrected chi connectivity index (χ2v) is 7.02. The first-order chi connectivity index (χ1) is 11.6. The molecule has 0 aliphatic rings. The van der Waals surface area contributed by atoms with Crippen LogP contribution in [0.1, 0.15) is 40.7 Å². The number of aryl methyl sites for hydroxylation is 2. The highest BCUT2D eigenvalue weighted by molar-refractivity contribution is 7.14. The van der Waals surface area contributed by atoms with Crippen molar-refractivity contribution in [1.82, 2.24) is 14.8 Å². The molecule has 0 spiro atoms. The van der Waals surface area contributed by atoms with E-state index >= 15 is 0 Å². The number of halogens is 1. The van der Waals surface area contributed by atoms with E-state index < -0.39 is 6.10 Å². The van der Waals surface area contributed by atoms with Crippen LogP contribution in [0, 0.1) is 6.92 Å². The summed E-state index contributed by atoms with van der Waals surface area (Å²) >= 11 is 7.92. The molecule has 1 atom stereocenters. The minimum absolute atomic E-state index is 0.530. The molecule has 1 unspecified atom stereocenters. The normalized spacial score (nSPS) is 12.5. The van der Waals surface area contributed by atoms with Crippen molar-refractivity contribution < 1.29 is 10.8 Å². The van der Waals surface area contributed by atoms with Gasteiger partial charge in [-0.15, -0.1) is 21.5 Å². The van der Waals surface area contributed by atoms with Crippen LogP contribution in [-0.2, 0) is 13.0 Å². The minimum atomic E-state index is -0.801. The molecule has 0 radical (unpaired) electrons. The molecule has 0 saturated heterocycles. The van der Waals surface area contributed by atoms with Gasteiger partial charge in [0.1, 0.15) is 23.5 Å². The zero-order valence-corrected chi connectivity index (χ0v) is 15.2. The fraction of sp³-hybridized carbons (Fsp3) is 0.294. The third-order valence-electron chi connectivity index (χ3n) is 3.95. The lowest BCUT2D eigenvalue weighted by Crippen LogP contribution is -2.48. The molecule has 4 N–H and O–H groups in total. The van der Waals surface area contributed by atoms with Crippen molar-refractivity contribution in [2.75, 3.05) is 0 Å². The number of benzene rings is 1. The van der Waals surface area contributed by atoms with Crippen molar-refractivity contribution in [1.29, 1.82) is 0 Å². The Bertz CT molecular complexity index is 858. The Morgan fingerprint density at radius 1 is 1.29 bits per heavy atom. The Morgan fingerprint density at radius 3 is 2.71 bits per heavy atom. The molecule has 0 bridgehead atoms. The van der Waals surface area contributed by atoms with E-state index in [-0.39, 0.29) is 0 Å². The van der Waals surface area contributed by atoms with E-state index in [1.807, 2.05) is 35.8 Å². The molecule has 24 heavy (non-hydrogen) atoms. The maximum absolute atomic E-state index is 11.0. The Kier molecular flexibility index (Phi) is 5.01. The molecule has 7 heteroatoms. The SMILES string of the molecule is CCc1cc(C(O)c2ccccc2Cl)c(-n2c(C)nnc2C[NH3+])s1. The summed E-state index contributed by atoms with van der Waals surface area (Å²) in [7, 11) is 0. The highest BCUT2D eigenvalue weighted by Gasteiger charge is 2.24. The number of aromatic nitrogens is 3. The van der Waals surface area contributed by atoms with E-state index in [2.05, 4.69) is 22.9 Å². The molecule has 2 heterocycles. The summed E-state index contributed by atoms with van der Waals surface area (Å²) in [5, 5.41) is 20.8. The van der Waals surface area contributed by atoms with E-state index in [1.54, 1.807) is 17.4 Å². The molecule has 0 aliphatic carbocycles. The second-order valence-electron chi connectivity index (χ2n) is 5.50. The van der Waals surface area contributed by atoms with Crippen molar-refractivity contribution in [3.05, 3.63) is 63.0 Å². The number of rotatable bonds is 5. The molecule has 0 amide bonds. The van der Waals surface area contributed by atoms with Crippen LogP contribution in [0.4, 0.5) is 0 Å². The van der Waals surface area contributed by atoms with Crippen molar-refractivity contribution in [2.24, 2.45) is 0 Å². The summed E-state index contributed by atoms with van der Waals surface area (Å²) < 4.78 is 1.98. The van der Waals surface area contributed by atoms with Gasteiger partial charge in [-0.2, -0.15) is 0 Å². The van der Waals surface area contributed by atoms with Gasteiger partial charge in [0.15, 0.2) is 5.82 Å². The standard InChI is InChI=1S/C17H19ClN4OS/c1-3-11-8-13(16(23)12-6-4-5-7-14(12)18)17(24-11)22-10(2)20-21-15(22)9-19/h4-8,16,23H,3,9,19H2,1-2H3/p+1. The summed E-state index contributed by atoms with van der Waals surface area (Å²) in [6.45, 7) is 4.54. The molecule has 2 aromatic heterocycles. The van der Waals surface area contributed by atoms with Crippen molar-refractivity contribution in [3.8, 4) is 5.00 Å². The third kappa shape index (κ3) is 2.98. The molecule has 3 aromatic rings. The lowest BCUT2D eigenvalue weighted by atomic mass is 10.0. The van der Waals surface area contributed by atoms with Gasteiger partial charge in [0.05, 0.1) is 0 Å². The number of thiophene rings is 1. The molecule has 126 valence electrons. The molecule has 5 nitrogen and oxygen atoms in total. The van der Waals surface area contributed by atoms with Crippen molar-refractivity contribution in [2.45, 2.75) is 32.9 Å². The van der Waals surface area contributed by atoms with Crippen LogP contribution in [0.15, 0.2) is 30.3 Å². The predicted molar refractivity (Wildman–Crippen MR) is 95.5 cm³/mol. The number of quaternary nitrogens is 1. The molecular formula is C17H20ClN4OS+. The van der Waals surface area contributed by atoms with Crippen molar-refractivity contribution in [3.63, 3.8) is 0 Å². The van der Waals surface area contributed by atoms with Crippen LogP contribution >= 0.6 is 22.9 Å². The lowest BCUT2D eigenvalue weighted by molar-refractivity contribution is -0.388. The quantitative estimate of drug-likeness (QED) is 0.731. The van der Waals surface area contributed by atoms with Crippen LogP contribution in [0.3, 0.4) is 0 Å². The van der Waals surface area contributed by atoms with Gasteiger partial charge < -0.3 is 10.8 Å². The highest BCUT2D eigenvalue weighted by atomic mass is 35.5. The zero-order chi connectivity index (χ0) is 17.3. The Hall–Kier alpha value is -1.73. The van der Waals surface area contributed by atoms with Crippen LogP contribution in [0.2, 0.25) is 5.02 Å². The fourth-order valence-electron chi connectivity index (χ4n) is 2.69. The fourth-order valence-corrected chi connectivity index (χ4v) is 4.12. The summed E-state index contributed by atoms with van der Waals surface area (Å²) in [6, 6.07) is 9.41. The molecule has 0 aliphatic heterocycles. The first-order valence-electron chi connectivity index (χ1n) is 7.82. The third-order valence-corrected chi connectivity index (χ3v) is 5.58. The Morgan fingerprint density at radius 2 is 2.04 bits per heavy atom. The smallest absolute Gasteiger partial charge is 0.193 e. The minimum Gasteiger partial charge on any atom is -0.383 e. The molecule has 1 aromatic carbocycles. The summed E-state index contributed by atoms with van der Waals surface area (Å²) in [4.78, 5) is 1.19. The zero-order valence-electron chi connectivity index (χ0n) is 13.7. The highest BCUT2D eigenvalue weighted by Crippen LogP contribution is 2.37. The van der Waals surface area contributed by atoms with Crippen LogP contribution in [-0.4, -0.2) is 19.9 Å². The average Bonchev–Trinajstić information content (AvgIpc) is 3.17. The molecule has 0 fully saturated rings. The van der Waals surface area contributed by atoms with E-state index in [1.165, 1.54) is 4.88 Å². The topological polar surface area (TPSA) is 78.6 Å². The van der Waals surface area contributed by atoms with Gasteiger partial charge >= 0.3 is 0 Å². The summed E-state index contributed by atoms with van der Waals surface area (Å²) in [5.41, 5.74) is 5.45. The number of hydrogen-bond acceptors (Lipinski definition) is 4. The lowest BCUT2D eigenvalue weighted by Gasteiger charge is -2.15. The first-order valence-corrected chi connectivity index (χ1v) is 9.01. The molecule has 3 rings (SSSR count). The van der Waals surface area contributed by atoms with Crippen LogP contribution in [0.25, 0.3) is 5.00 Å². The Labute approximate surface area is 149 Å². The first kappa shape index (κ1) is 17.1. The predicted octanol–water partition coefficient (Wildman–Crippen LogP) is 2.68. The van der Waals surface area contributed by atoms with Gasteiger partial charge in [0.2, 0.25) is 0 Å². The maximum atomic E-state index is 11.0. The van der Waals surface area contributed by atoms with E-state index in [9.17, 15) is 5.11 Å². The van der Waals surface area contributed by atoms with Gasteiger partial charge in [-0.25, -0.2) is 0 Å². The average molecular weight is 364 g/mol. The number of aliphatic hydroxyl groups excluding tert-OH is 1. The Balaban J connectivity index is 2.17. The van der Waals surface area contributed by atoms with E-state index in [4.69, 9.17) is 11.6 Å². The number of aliphatic hydroxyl groups is 1. The largest absolute Gasteiger partial charge is 0.383 e. The maximum Gasteiger partial charge on any atom is 0.193 e. The molecule has 0 saturated carbocycles. The van der Waals surface area contributed by atoms with Gasteiger partial charge in [0, 0.05) is 21.0 Å². The van der Waals surface area contributed by atoms with Crippen LogP contribution in [0.5, 0.6) is 0 Å². The number of nitrogens with zero attached hydrogens (tertiary/aromatic N) is 3. The van der Waals surface area contributed by atoms with Gasteiger partial charge in [0.25, 0.3) is 0 Å². The summed E-state index contributed by atoms with van der Waals surface area (Å²) in [5.74, 6) is 1.57. The van der Waals surface area contributed by atoms with Gasteiger partial charge in [-0.3, -0.25) is 4.57 Å². The monoisotopic (exact) mass is 363 g/mol. The number of hydrogen-bond donors (Lipinski definition) is 2. The van der Waals surface area contributed by atoms with E-state index in [0.717, 1.165) is 28.6 Å².